The first-order valence-corrected chi connectivity index (χ1v) is 8.28. The standard InChI is InChI=1S/C14H19N5O2S/c1-10(20)9-22-14-17-16-13(11-6-15-18(2)7-11)19(14)8-12-4-3-5-21-12/h6-7,12H,3-5,8-9H2,1-2H3. The van der Waals surface area contributed by atoms with Gasteiger partial charge in [0.25, 0.3) is 0 Å². The van der Waals surface area contributed by atoms with E-state index in [1.165, 1.54) is 11.8 Å². The van der Waals surface area contributed by atoms with Crippen LogP contribution < -0.4 is 0 Å². The molecule has 1 saturated heterocycles. The number of hydrogen-bond acceptors (Lipinski definition) is 6. The highest BCUT2D eigenvalue weighted by Gasteiger charge is 2.22. The van der Waals surface area contributed by atoms with E-state index in [9.17, 15) is 4.79 Å². The van der Waals surface area contributed by atoms with Gasteiger partial charge >= 0.3 is 0 Å². The Labute approximate surface area is 133 Å². The fraction of sp³-hybridized carbons (Fsp3) is 0.571. The van der Waals surface area contributed by atoms with Crippen molar-refractivity contribution in [3.63, 3.8) is 0 Å². The first-order chi connectivity index (χ1) is 10.6. The van der Waals surface area contributed by atoms with E-state index in [0.717, 1.165) is 36.0 Å². The Morgan fingerprint density at radius 2 is 2.36 bits per heavy atom. The van der Waals surface area contributed by atoms with Crippen LogP contribution in [0.15, 0.2) is 17.6 Å². The minimum absolute atomic E-state index is 0.125. The smallest absolute Gasteiger partial charge is 0.192 e. The number of carbonyl (C=O) groups is 1. The third kappa shape index (κ3) is 3.38. The van der Waals surface area contributed by atoms with Crippen LogP contribution in [-0.2, 0) is 23.1 Å². The van der Waals surface area contributed by atoms with Crippen molar-refractivity contribution in [3.8, 4) is 11.4 Å². The molecule has 8 heteroatoms. The number of aromatic nitrogens is 5. The van der Waals surface area contributed by atoms with Crippen LogP contribution >= 0.6 is 11.8 Å². The number of aryl methyl sites for hydroxylation is 1. The zero-order valence-corrected chi connectivity index (χ0v) is 13.5. The monoisotopic (exact) mass is 321 g/mol. The van der Waals surface area contributed by atoms with Crippen molar-refractivity contribution >= 4 is 17.5 Å². The molecule has 0 saturated carbocycles. The molecule has 0 aromatic carbocycles. The number of ether oxygens (including phenoxy) is 1. The molecule has 2 aromatic heterocycles. The Kier molecular flexibility index (Phi) is 4.58. The van der Waals surface area contributed by atoms with Gasteiger partial charge in [-0.15, -0.1) is 10.2 Å². The molecular weight excluding hydrogens is 302 g/mol. The first kappa shape index (κ1) is 15.2. The number of Topliss-reactive ketones (excluding diaryl/α,β-unsaturated/α-hetero) is 1. The lowest BCUT2D eigenvalue weighted by atomic mass is 10.2. The van der Waals surface area contributed by atoms with E-state index in [1.807, 2.05) is 17.8 Å². The average molecular weight is 321 g/mol. The fourth-order valence-corrected chi connectivity index (χ4v) is 3.22. The van der Waals surface area contributed by atoms with Crippen LogP contribution in [0.3, 0.4) is 0 Å². The lowest BCUT2D eigenvalue weighted by Gasteiger charge is -2.13. The topological polar surface area (TPSA) is 74.8 Å². The van der Waals surface area contributed by atoms with Gasteiger partial charge < -0.3 is 4.74 Å². The minimum atomic E-state index is 0.125. The van der Waals surface area contributed by atoms with Crippen LogP contribution in [0.4, 0.5) is 0 Å². The molecule has 22 heavy (non-hydrogen) atoms. The molecule has 0 aliphatic carbocycles. The van der Waals surface area contributed by atoms with E-state index in [-0.39, 0.29) is 11.9 Å². The van der Waals surface area contributed by atoms with Crippen LogP contribution in [0.25, 0.3) is 11.4 Å². The molecule has 118 valence electrons. The highest BCUT2D eigenvalue weighted by Crippen LogP contribution is 2.26. The van der Waals surface area contributed by atoms with E-state index in [0.29, 0.717) is 12.3 Å². The van der Waals surface area contributed by atoms with Crippen molar-refractivity contribution in [3.05, 3.63) is 12.4 Å². The molecule has 0 spiro atoms. The molecular formula is C14H19N5O2S. The molecule has 0 N–H and O–H groups in total. The molecule has 0 radical (unpaired) electrons. The van der Waals surface area contributed by atoms with Gasteiger partial charge in [-0.2, -0.15) is 5.10 Å². The van der Waals surface area contributed by atoms with Gasteiger partial charge in [0.1, 0.15) is 5.78 Å². The Morgan fingerprint density at radius 1 is 1.50 bits per heavy atom. The summed E-state index contributed by atoms with van der Waals surface area (Å²) in [5, 5.41) is 13.5. The predicted molar refractivity (Wildman–Crippen MR) is 82.6 cm³/mol. The van der Waals surface area contributed by atoms with Crippen molar-refractivity contribution < 1.29 is 9.53 Å². The summed E-state index contributed by atoms with van der Waals surface area (Å²) in [6.45, 7) is 3.10. The third-order valence-electron chi connectivity index (χ3n) is 3.49. The van der Waals surface area contributed by atoms with Gasteiger partial charge in [0.15, 0.2) is 11.0 Å². The number of nitrogens with zero attached hydrogens (tertiary/aromatic N) is 5. The summed E-state index contributed by atoms with van der Waals surface area (Å²) in [4.78, 5) is 11.2. The Morgan fingerprint density at radius 3 is 3.00 bits per heavy atom. The predicted octanol–water partition coefficient (Wildman–Crippen LogP) is 1.54. The van der Waals surface area contributed by atoms with Gasteiger partial charge in [0.2, 0.25) is 0 Å². The summed E-state index contributed by atoms with van der Waals surface area (Å²) in [5.41, 5.74) is 0.919. The molecule has 1 fully saturated rings. The fourth-order valence-electron chi connectivity index (χ4n) is 2.47. The molecule has 2 aromatic rings. The molecule has 0 amide bonds. The number of ketones is 1. The highest BCUT2D eigenvalue weighted by atomic mass is 32.2. The quantitative estimate of drug-likeness (QED) is 0.751. The molecule has 7 nitrogen and oxygen atoms in total. The van der Waals surface area contributed by atoms with E-state index in [1.54, 1.807) is 17.8 Å². The lowest BCUT2D eigenvalue weighted by Crippen LogP contribution is -2.16. The molecule has 1 atom stereocenters. The SMILES string of the molecule is CC(=O)CSc1nnc(-c2cnn(C)c2)n1CC1CCCO1. The Bertz CT molecular complexity index is 660. The largest absolute Gasteiger partial charge is 0.376 e. The maximum absolute atomic E-state index is 11.2. The van der Waals surface area contributed by atoms with Crippen molar-refractivity contribution in [2.75, 3.05) is 12.4 Å². The zero-order valence-electron chi connectivity index (χ0n) is 12.7. The zero-order chi connectivity index (χ0) is 15.5. The average Bonchev–Trinajstić information content (AvgIpc) is 3.18. The normalized spacial score (nSPS) is 18.0. The minimum Gasteiger partial charge on any atom is -0.376 e. The van der Waals surface area contributed by atoms with Crippen LogP contribution in [0.2, 0.25) is 0 Å². The summed E-state index contributed by atoms with van der Waals surface area (Å²) in [6.07, 6.45) is 6.00. The van der Waals surface area contributed by atoms with Gasteiger partial charge in [-0.05, 0) is 19.8 Å². The van der Waals surface area contributed by atoms with Gasteiger partial charge in [0, 0.05) is 19.9 Å². The summed E-state index contributed by atoms with van der Waals surface area (Å²) in [7, 11) is 1.87. The van der Waals surface area contributed by atoms with Crippen LogP contribution in [0.1, 0.15) is 19.8 Å². The van der Waals surface area contributed by atoms with E-state index >= 15 is 0 Å². The van der Waals surface area contributed by atoms with Crippen LogP contribution in [-0.4, -0.2) is 48.8 Å². The van der Waals surface area contributed by atoms with Gasteiger partial charge in [-0.3, -0.25) is 14.0 Å². The van der Waals surface area contributed by atoms with Crippen molar-refractivity contribution in [2.45, 2.75) is 37.6 Å². The Hall–Kier alpha value is -1.67. The summed E-state index contributed by atoms with van der Waals surface area (Å²) >= 11 is 1.42. The maximum atomic E-state index is 11.2. The molecule has 1 aliphatic rings. The second-order valence-electron chi connectivity index (χ2n) is 5.45. The summed E-state index contributed by atoms with van der Waals surface area (Å²) in [5.74, 6) is 1.30. The number of thioether (sulfide) groups is 1. The van der Waals surface area contributed by atoms with E-state index in [2.05, 4.69) is 15.3 Å². The van der Waals surface area contributed by atoms with Crippen molar-refractivity contribution in [1.82, 2.24) is 24.5 Å². The lowest BCUT2D eigenvalue weighted by molar-refractivity contribution is -0.114. The molecule has 3 rings (SSSR count). The van der Waals surface area contributed by atoms with Gasteiger partial charge in [-0.25, -0.2) is 0 Å². The second-order valence-corrected chi connectivity index (χ2v) is 6.39. The van der Waals surface area contributed by atoms with Crippen LogP contribution in [0, 0.1) is 0 Å². The van der Waals surface area contributed by atoms with Gasteiger partial charge in [-0.1, -0.05) is 11.8 Å². The highest BCUT2D eigenvalue weighted by molar-refractivity contribution is 7.99. The second kappa shape index (κ2) is 6.62. The van der Waals surface area contributed by atoms with E-state index in [4.69, 9.17) is 4.74 Å². The summed E-state index contributed by atoms with van der Waals surface area (Å²) < 4.78 is 9.51. The Balaban J connectivity index is 1.89. The number of carbonyl (C=O) groups excluding carboxylic acids is 1. The first-order valence-electron chi connectivity index (χ1n) is 7.29. The molecule has 1 unspecified atom stereocenters. The summed E-state index contributed by atoms with van der Waals surface area (Å²) in [6, 6.07) is 0. The number of rotatable bonds is 6. The molecule has 0 bridgehead atoms. The number of hydrogen-bond donors (Lipinski definition) is 0. The third-order valence-corrected chi connectivity index (χ3v) is 4.61. The van der Waals surface area contributed by atoms with E-state index < -0.39 is 0 Å². The maximum Gasteiger partial charge on any atom is 0.192 e. The van der Waals surface area contributed by atoms with Gasteiger partial charge in [0.05, 0.1) is 30.2 Å². The molecule has 1 aliphatic heterocycles. The molecule has 3 heterocycles. The van der Waals surface area contributed by atoms with Crippen LogP contribution in [0.5, 0.6) is 0 Å². The van der Waals surface area contributed by atoms with Crippen molar-refractivity contribution in [1.29, 1.82) is 0 Å². The van der Waals surface area contributed by atoms with Crippen molar-refractivity contribution in [2.24, 2.45) is 7.05 Å².